The van der Waals surface area contributed by atoms with E-state index in [1.807, 2.05) is 42.5 Å². The van der Waals surface area contributed by atoms with Gasteiger partial charge >= 0.3 is 0 Å². The smallest absolute Gasteiger partial charge is 0.253 e. The molecule has 0 saturated heterocycles. The van der Waals surface area contributed by atoms with Gasteiger partial charge in [0.2, 0.25) is 0 Å². The lowest BCUT2D eigenvalue weighted by Crippen LogP contribution is -2.29. The van der Waals surface area contributed by atoms with E-state index in [-0.39, 0.29) is 5.91 Å². The molecule has 4 rings (SSSR count). The predicted octanol–water partition coefficient (Wildman–Crippen LogP) is 6.21. The minimum atomic E-state index is -0.172. The number of aromatic nitrogens is 2. The SMILES string of the molecule is Cc1cc(C)c2sc(N(Cc3ccccn3)C(=O)/C=C/c3ccccc3Cl)nc2c1. The quantitative estimate of drug-likeness (QED) is 0.351. The maximum Gasteiger partial charge on any atom is 0.253 e. The number of halogens is 1. The summed E-state index contributed by atoms with van der Waals surface area (Å²) in [5.74, 6) is -0.172. The number of amides is 1. The standard InChI is InChI=1S/C24H20ClN3OS/c1-16-13-17(2)23-21(14-16)27-24(30-23)28(15-19-8-5-6-12-26-19)22(29)11-10-18-7-3-4-9-20(18)25/h3-14H,15H2,1-2H3/b11-10+. The number of fused-ring (bicyclic) bond motifs is 1. The summed E-state index contributed by atoms with van der Waals surface area (Å²) in [6.07, 6.45) is 5.00. The van der Waals surface area contributed by atoms with Crippen molar-refractivity contribution in [3.05, 3.63) is 94.3 Å². The van der Waals surface area contributed by atoms with E-state index < -0.39 is 0 Å². The lowest BCUT2D eigenvalue weighted by atomic mass is 10.1. The number of pyridine rings is 1. The first-order chi connectivity index (χ1) is 14.5. The van der Waals surface area contributed by atoms with Gasteiger partial charge in [0, 0.05) is 17.3 Å². The van der Waals surface area contributed by atoms with E-state index in [0.29, 0.717) is 16.7 Å². The number of hydrogen-bond acceptors (Lipinski definition) is 4. The van der Waals surface area contributed by atoms with Crippen molar-refractivity contribution in [2.45, 2.75) is 20.4 Å². The van der Waals surface area contributed by atoms with Crippen LogP contribution in [0.15, 0.2) is 66.9 Å². The van der Waals surface area contributed by atoms with Gasteiger partial charge in [-0.3, -0.25) is 14.7 Å². The molecule has 0 aliphatic rings. The Morgan fingerprint density at radius 3 is 2.70 bits per heavy atom. The fourth-order valence-corrected chi connectivity index (χ4v) is 4.45. The van der Waals surface area contributed by atoms with Crippen molar-refractivity contribution in [3.63, 3.8) is 0 Å². The van der Waals surface area contributed by atoms with Crippen LogP contribution in [0.25, 0.3) is 16.3 Å². The molecule has 0 N–H and O–H groups in total. The average molecular weight is 434 g/mol. The Bertz CT molecular complexity index is 1230. The fraction of sp³-hybridized carbons (Fsp3) is 0.125. The third-order valence-corrected chi connectivity index (χ3v) is 6.24. The van der Waals surface area contributed by atoms with Gasteiger partial charge in [0.1, 0.15) is 0 Å². The Balaban J connectivity index is 1.72. The van der Waals surface area contributed by atoms with Gasteiger partial charge in [-0.25, -0.2) is 4.98 Å². The van der Waals surface area contributed by atoms with Gasteiger partial charge in [0.15, 0.2) is 5.13 Å². The summed E-state index contributed by atoms with van der Waals surface area (Å²) in [4.78, 5) is 24.0. The molecule has 0 atom stereocenters. The Labute approximate surface area is 184 Å². The van der Waals surface area contributed by atoms with Crippen molar-refractivity contribution in [3.8, 4) is 0 Å². The van der Waals surface area contributed by atoms with Crippen LogP contribution in [-0.4, -0.2) is 15.9 Å². The van der Waals surface area contributed by atoms with Crippen LogP contribution in [0.4, 0.5) is 5.13 Å². The zero-order valence-electron chi connectivity index (χ0n) is 16.7. The molecule has 0 radical (unpaired) electrons. The summed E-state index contributed by atoms with van der Waals surface area (Å²) >= 11 is 7.74. The normalized spacial score (nSPS) is 11.3. The monoisotopic (exact) mass is 433 g/mol. The molecule has 0 unspecified atom stereocenters. The highest BCUT2D eigenvalue weighted by Crippen LogP contribution is 2.33. The van der Waals surface area contributed by atoms with Crippen LogP contribution in [0.2, 0.25) is 5.02 Å². The second-order valence-corrected chi connectivity index (χ2v) is 8.41. The number of nitrogens with zero attached hydrogens (tertiary/aromatic N) is 3. The number of carbonyl (C=O) groups excluding carboxylic acids is 1. The molecule has 0 saturated carbocycles. The number of hydrogen-bond donors (Lipinski definition) is 0. The molecule has 2 aromatic heterocycles. The molecule has 2 heterocycles. The van der Waals surface area contributed by atoms with E-state index in [2.05, 4.69) is 24.9 Å². The second kappa shape index (κ2) is 8.78. The summed E-state index contributed by atoms with van der Waals surface area (Å²) in [6, 6.07) is 17.3. The van der Waals surface area contributed by atoms with Crippen molar-refractivity contribution in [2.75, 3.05) is 4.90 Å². The minimum Gasteiger partial charge on any atom is -0.278 e. The maximum absolute atomic E-state index is 13.2. The largest absolute Gasteiger partial charge is 0.278 e. The minimum absolute atomic E-state index is 0.172. The number of thiazole rings is 1. The third kappa shape index (κ3) is 4.42. The molecule has 2 aromatic carbocycles. The van der Waals surface area contributed by atoms with Crippen LogP contribution in [0, 0.1) is 13.8 Å². The number of rotatable bonds is 5. The lowest BCUT2D eigenvalue weighted by molar-refractivity contribution is -0.114. The van der Waals surface area contributed by atoms with Gasteiger partial charge in [-0.1, -0.05) is 53.3 Å². The van der Waals surface area contributed by atoms with Crippen molar-refractivity contribution in [1.29, 1.82) is 0 Å². The molecular weight excluding hydrogens is 414 g/mol. The third-order valence-electron chi connectivity index (χ3n) is 4.66. The van der Waals surface area contributed by atoms with Crippen LogP contribution in [0.5, 0.6) is 0 Å². The second-order valence-electron chi connectivity index (χ2n) is 7.03. The van der Waals surface area contributed by atoms with E-state index in [1.165, 1.54) is 17.4 Å². The zero-order chi connectivity index (χ0) is 21.1. The lowest BCUT2D eigenvalue weighted by Gasteiger charge is -2.17. The zero-order valence-corrected chi connectivity index (χ0v) is 18.2. The molecule has 1 amide bonds. The number of carbonyl (C=O) groups is 1. The Hall–Kier alpha value is -3.02. The molecule has 4 aromatic rings. The maximum atomic E-state index is 13.2. The summed E-state index contributed by atoms with van der Waals surface area (Å²) in [7, 11) is 0. The molecular formula is C24H20ClN3OS. The van der Waals surface area contributed by atoms with Gasteiger partial charge in [-0.05, 0) is 60.9 Å². The first-order valence-electron chi connectivity index (χ1n) is 9.53. The summed E-state index contributed by atoms with van der Waals surface area (Å²) < 4.78 is 1.09. The van der Waals surface area contributed by atoms with Crippen LogP contribution in [0.1, 0.15) is 22.4 Å². The van der Waals surface area contributed by atoms with Crippen LogP contribution in [0.3, 0.4) is 0 Å². The highest BCUT2D eigenvalue weighted by Gasteiger charge is 2.20. The Kier molecular flexibility index (Phi) is 5.93. The molecule has 0 bridgehead atoms. The summed E-state index contributed by atoms with van der Waals surface area (Å²) in [5.41, 5.74) is 4.80. The van der Waals surface area contributed by atoms with E-state index in [4.69, 9.17) is 16.6 Å². The van der Waals surface area contributed by atoms with Crippen LogP contribution in [-0.2, 0) is 11.3 Å². The van der Waals surface area contributed by atoms with Crippen molar-refractivity contribution < 1.29 is 4.79 Å². The van der Waals surface area contributed by atoms with Gasteiger partial charge in [-0.15, -0.1) is 0 Å². The number of anilines is 1. The topological polar surface area (TPSA) is 46.1 Å². The summed E-state index contributed by atoms with van der Waals surface area (Å²) in [5, 5.41) is 1.25. The molecule has 30 heavy (non-hydrogen) atoms. The van der Waals surface area contributed by atoms with E-state index in [0.717, 1.165) is 32.6 Å². The predicted molar refractivity (Wildman–Crippen MR) is 125 cm³/mol. The van der Waals surface area contributed by atoms with Crippen LogP contribution < -0.4 is 4.90 Å². The molecule has 0 aliphatic heterocycles. The molecule has 6 heteroatoms. The molecule has 0 spiro atoms. The molecule has 4 nitrogen and oxygen atoms in total. The van der Waals surface area contributed by atoms with Crippen molar-refractivity contribution >= 4 is 50.3 Å². The van der Waals surface area contributed by atoms with Gasteiger partial charge < -0.3 is 0 Å². The molecule has 150 valence electrons. The van der Waals surface area contributed by atoms with E-state index in [9.17, 15) is 4.79 Å². The highest BCUT2D eigenvalue weighted by atomic mass is 35.5. The highest BCUT2D eigenvalue weighted by molar-refractivity contribution is 7.22. The number of aryl methyl sites for hydroxylation is 2. The van der Waals surface area contributed by atoms with E-state index in [1.54, 1.807) is 23.2 Å². The average Bonchev–Trinajstić information content (AvgIpc) is 3.16. The van der Waals surface area contributed by atoms with Gasteiger partial charge in [-0.2, -0.15) is 0 Å². The van der Waals surface area contributed by atoms with Gasteiger partial charge in [0.25, 0.3) is 5.91 Å². The van der Waals surface area contributed by atoms with Crippen molar-refractivity contribution in [1.82, 2.24) is 9.97 Å². The van der Waals surface area contributed by atoms with E-state index >= 15 is 0 Å². The van der Waals surface area contributed by atoms with Crippen LogP contribution >= 0.6 is 22.9 Å². The first kappa shape index (κ1) is 20.3. The van der Waals surface area contributed by atoms with Gasteiger partial charge in [0.05, 0.1) is 22.5 Å². The Morgan fingerprint density at radius 1 is 1.13 bits per heavy atom. The molecule has 0 fully saturated rings. The molecule has 0 aliphatic carbocycles. The number of benzene rings is 2. The van der Waals surface area contributed by atoms with Crippen molar-refractivity contribution in [2.24, 2.45) is 0 Å². The first-order valence-corrected chi connectivity index (χ1v) is 10.7. The Morgan fingerprint density at radius 2 is 1.93 bits per heavy atom. The fourth-order valence-electron chi connectivity index (χ4n) is 3.24. The summed E-state index contributed by atoms with van der Waals surface area (Å²) in [6.45, 7) is 4.46.